The molecule has 2 amide bonds. The van der Waals surface area contributed by atoms with Crippen LogP contribution in [0.3, 0.4) is 0 Å². The highest BCUT2D eigenvalue weighted by Crippen LogP contribution is 2.32. The number of rotatable bonds is 9. The molecule has 0 bridgehead atoms. The molecule has 2 aliphatic rings. The lowest BCUT2D eigenvalue weighted by molar-refractivity contribution is -0.139. The third-order valence-corrected chi connectivity index (χ3v) is 9.19. The molecule has 1 saturated heterocycles. The number of hydrogen-bond acceptors (Lipinski definition) is 6. The monoisotopic (exact) mass is 586 g/mol. The molecule has 0 radical (unpaired) electrons. The minimum Gasteiger partial charge on any atom is -0.463 e. The molecule has 2 aliphatic heterocycles. The Morgan fingerprint density at radius 2 is 1.80 bits per heavy atom. The van der Waals surface area contributed by atoms with E-state index in [-0.39, 0.29) is 37.2 Å². The molecule has 11 heteroatoms. The number of carbonyl (C=O) groups excluding carboxylic acids is 2. The molecule has 1 N–H and O–H groups in total. The molecule has 214 valence electrons. The number of nitrogens with one attached hydrogen (secondary N) is 1. The summed E-state index contributed by atoms with van der Waals surface area (Å²) in [6.07, 6.45) is 2.20. The van der Waals surface area contributed by atoms with Gasteiger partial charge in [0, 0.05) is 43.4 Å². The molecule has 2 heterocycles. The van der Waals surface area contributed by atoms with Crippen LogP contribution in [0.25, 0.3) is 0 Å². The summed E-state index contributed by atoms with van der Waals surface area (Å²) in [5.74, 6) is -0.501. The Balaban J connectivity index is 1.66. The van der Waals surface area contributed by atoms with Crippen molar-refractivity contribution in [2.75, 3.05) is 45.9 Å². The Morgan fingerprint density at radius 3 is 2.45 bits per heavy atom. The van der Waals surface area contributed by atoms with Crippen LogP contribution in [0.1, 0.15) is 30.5 Å². The highest BCUT2D eigenvalue weighted by Gasteiger charge is 2.39. The van der Waals surface area contributed by atoms with Crippen molar-refractivity contribution in [2.24, 2.45) is 0 Å². The van der Waals surface area contributed by atoms with Gasteiger partial charge in [-0.2, -0.15) is 4.31 Å². The second-order valence-electron chi connectivity index (χ2n) is 9.76. The van der Waals surface area contributed by atoms with Gasteiger partial charge >= 0.3 is 12.0 Å². The fourth-order valence-corrected chi connectivity index (χ4v) is 6.56. The molecule has 0 unspecified atom stereocenters. The summed E-state index contributed by atoms with van der Waals surface area (Å²) in [7, 11) is -3.69. The van der Waals surface area contributed by atoms with Crippen LogP contribution >= 0.6 is 11.6 Å². The minimum atomic E-state index is -3.69. The van der Waals surface area contributed by atoms with Crippen LogP contribution in [0.15, 0.2) is 77.4 Å². The second kappa shape index (κ2) is 13.0. The molecular weight excluding hydrogens is 552 g/mol. The van der Waals surface area contributed by atoms with Crippen LogP contribution in [-0.2, 0) is 19.6 Å². The molecule has 0 spiro atoms. The summed E-state index contributed by atoms with van der Waals surface area (Å²) in [4.78, 5) is 30.5. The molecule has 4 rings (SSSR count). The van der Waals surface area contributed by atoms with Crippen molar-refractivity contribution in [1.82, 2.24) is 19.4 Å². The van der Waals surface area contributed by atoms with E-state index in [4.69, 9.17) is 16.3 Å². The van der Waals surface area contributed by atoms with Crippen molar-refractivity contribution < 1.29 is 22.7 Å². The third kappa shape index (κ3) is 6.58. The number of esters is 1. The summed E-state index contributed by atoms with van der Waals surface area (Å²) in [5, 5.41) is 3.44. The number of hydrogen-bond donors (Lipinski definition) is 1. The van der Waals surface area contributed by atoms with Crippen LogP contribution in [0.4, 0.5) is 4.79 Å². The average Bonchev–Trinajstić information content (AvgIpc) is 3.17. The molecule has 1 fully saturated rings. The number of carbonyl (C=O) groups is 2. The van der Waals surface area contributed by atoms with Crippen LogP contribution < -0.4 is 5.32 Å². The van der Waals surface area contributed by atoms with E-state index < -0.39 is 22.0 Å². The maximum Gasteiger partial charge on any atom is 0.338 e. The standard InChI is InChI=1S/C29H35ClN4O5S/c1-4-15-34-25(26(28(35)39-5-2)27(31-29(34)36)22-9-7-21(3)8-10-22)20-32-16-6-17-33(19-18-32)40(37,38)24-13-11-23(30)12-14-24/h4,7-14,27H,1,5-6,15-20H2,2-3H3,(H,31,36)/t27-/m0/s1. The van der Waals surface area contributed by atoms with Crippen LogP contribution in [0, 0.1) is 6.92 Å². The number of aryl methyl sites for hydroxylation is 1. The number of benzene rings is 2. The van der Waals surface area contributed by atoms with Gasteiger partial charge in [0.25, 0.3) is 0 Å². The third-order valence-electron chi connectivity index (χ3n) is 7.03. The van der Waals surface area contributed by atoms with Crippen molar-refractivity contribution in [3.8, 4) is 0 Å². The van der Waals surface area contributed by atoms with E-state index in [0.717, 1.165) is 11.1 Å². The average molecular weight is 587 g/mol. The summed E-state index contributed by atoms with van der Waals surface area (Å²) in [6, 6.07) is 12.8. The Labute approximate surface area is 241 Å². The van der Waals surface area contributed by atoms with Gasteiger partial charge in [0.05, 0.1) is 23.1 Å². The SMILES string of the molecule is C=CCN1C(=O)N[C@@H](c2ccc(C)cc2)C(C(=O)OCC)=C1CN1CCCN(S(=O)(=O)c2ccc(Cl)cc2)CC1. The summed E-state index contributed by atoms with van der Waals surface area (Å²) in [6.45, 7) is 9.80. The van der Waals surface area contributed by atoms with Crippen molar-refractivity contribution >= 4 is 33.6 Å². The summed E-state index contributed by atoms with van der Waals surface area (Å²) < 4.78 is 33.5. The van der Waals surface area contributed by atoms with Gasteiger partial charge in [-0.25, -0.2) is 18.0 Å². The van der Waals surface area contributed by atoms with E-state index in [1.54, 1.807) is 25.1 Å². The van der Waals surface area contributed by atoms with Gasteiger partial charge in [0.1, 0.15) is 0 Å². The largest absolute Gasteiger partial charge is 0.463 e. The number of amides is 2. The molecule has 1 atom stereocenters. The maximum absolute atomic E-state index is 13.4. The van der Waals surface area contributed by atoms with Crippen molar-refractivity contribution in [3.63, 3.8) is 0 Å². The Morgan fingerprint density at radius 1 is 1.10 bits per heavy atom. The summed E-state index contributed by atoms with van der Waals surface area (Å²) >= 11 is 5.95. The van der Waals surface area contributed by atoms with Gasteiger partial charge in [0.2, 0.25) is 10.0 Å². The molecule has 0 aromatic heterocycles. The summed E-state index contributed by atoms with van der Waals surface area (Å²) in [5.41, 5.74) is 2.72. The molecule has 0 saturated carbocycles. The van der Waals surface area contributed by atoms with E-state index >= 15 is 0 Å². The molecule has 0 aliphatic carbocycles. The van der Waals surface area contributed by atoms with E-state index in [2.05, 4.69) is 16.8 Å². The first-order chi connectivity index (χ1) is 19.1. The highest BCUT2D eigenvalue weighted by atomic mass is 35.5. The molecule has 2 aromatic carbocycles. The highest BCUT2D eigenvalue weighted by molar-refractivity contribution is 7.89. The fourth-order valence-electron chi connectivity index (χ4n) is 4.97. The zero-order valence-electron chi connectivity index (χ0n) is 22.8. The second-order valence-corrected chi connectivity index (χ2v) is 12.1. The van der Waals surface area contributed by atoms with Gasteiger partial charge in [-0.1, -0.05) is 47.5 Å². The van der Waals surface area contributed by atoms with Gasteiger partial charge in [-0.15, -0.1) is 6.58 Å². The topological polar surface area (TPSA) is 99.3 Å². The Bertz CT molecular complexity index is 1380. The van der Waals surface area contributed by atoms with E-state index in [1.165, 1.54) is 21.3 Å². The van der Waals surface area contributed by atoms with Gasteiger partial charge in [0.15, 0.2) is 0 Å². The van der Waals surface area contributed by atoms with E-state index in [9.17, 15) is 18.0 Å². The molecule has 9 nitrogen and oxygen atoms in total. The normalized spacial score (nSPS) is 19.2. The fraction of sp³-hybridized carbons (Fsp3) is 0.379. The molecule has 40 heavy (non-hydrogen) atoms. The quantitative estimate of drug-likeness (QED) is 0.351. The molecular formula is C29H35ClN4O5S. The number of urea groups is 1. The Kier molecular flexibility index (Phi) is 9.68. The smallest absolute Gasteiger partial charge is 0.338 e. The first kappa shape index (κ1) is 29.8. The zero-order chi connectivity index (χ0) is 28.9. The predicted molar refractivity (Wildman–Crippen MR) is 154 cm³/mol. The van der Waals surface area contributed by atoms with Crippen LogP contribution in [0.5, 0.6) is 0 Å². The van der Waals surface area contributed by atoms with Crippen LogP contribution in [0.2, 0.25) is 5.02 Å². The van der Waals surface area contributed by atoms with E-state index in [1.807, 2.05) is 31.2 Å². The number of ether oxygens (including phenoxy) is 1. The van der Waals surface area contributed by atoms with Gasteiger partial charge in [-0.05, 0) is 56.6 Å². The van der Waals surface area contributed by atoms with Crippen LogP contribution in [-0.4, -0.2) is 80.4 Å². The first-order valence-corrected chi connectivity index (χ1v) is 15.1. The van der Waals surface area contributed by atoms with E-state index in [0.29, 0.717) is 42.3 Å². The number of nitrogens with zero attached hydrogens (tertiary/aromatic N) is 3. The minimum absolute atomic E-state index is 0.187. The van der Waals surface area contributed by atoms with Gasteiger partial charge in [-0.3, -0.25) is 9.80 Å². The maximum atomic E-state index is 13.4. The first-order valence-electron chi connectivity index (χ1n) is 13.3. The Hall–Kier alpha value is -3.18. The van der Waals surface area contributed by atoms with Gasteiger partial charge < -0.3 is 10.1 Å². The predicted octanol–water partition coefficient (Wildman–Crippen LogP) is 4.11. The molecule has 2 aromatic rings. The number of sulfonamides is 1. The van der Waals surface area contributed by atoms with Crippen molar-refractivity contribution in [1.29, 1.82) is 0 Å². The number of halogens is 1. The van der Waals surface area contributed by atoms with Crippen molar-refractivity contribution in [2.45, 2.75) is 31.2 Å². The lowest BCUT2D eigenvalue weighted by Gasteiger charge is -2.38. The zero-order valence-corrected chi connectivity index (χ0v) is 24.4. The lowest BCUT2D eigenvalue weighted by Crippen LogP contribution is -2.51. The van der Waals surface area contributed by atoms with Crippen molar-refractivity contribution in [3.05, 3.63) is 88.6 Å². The lowest BCUT2D eigenvalue weighted by atomic mass is 9.93.